The van der Waals surface area contributed by atoms with E-state index in [1.165, 1.54) is 12.1 Å². The zero-order valence-corrected chi connectivity index (χ0v) is 17.8. The van der Waals surface area contributed by atoms with Crippen molar-refractivity contribution in [1.29, 1.82) is 0 Å². The summed E-state index contributed by atoms with van der Waals surface area (Å²) in [6.07, 6.45) is 0. The zero-order valence-electron chi connectivity index (χ0n) is 15.5. The van der Waals surface area contributed by atoms with Crippen LogP contribution in [-0.2, 0) is 6.54 Å². The van der Waals surface area contributed by atoms with Crippen LogP contribution in [0.5, 0.6) is 0 Å². The molecule has 148 valence electrons. The van der Waals surface area contributed by atoms with Crippen LogP contribution in [0, 0.1) is 17.5 Å². The first-order chi connectivity index (χ1) is 12.4. The van der Waals surface area contributed by atoms with Crippen LogP contribution in [-0.4, -0.2) is 38.5 Å². The summed E-state index contributed by atoms with van der Waals surface area (Å²) in [5, 5.41) is 6.12. The minimum atomic E-state index is -0.491. The van der Waals surface area contributed by atoms with Gasteiger partial charge in [0, 0.05) is 25.7 Å². The fraction of sp³-hybridized carbons (Fsp3) is 0.316. The van der Waals surface area contributed by atoms with Gasteiger partial charge in [0.05, 0.1) is 6.04 Å². The highest BCUT2D eigenvalue weighted by molar-refractivity contribution is 14.0. The fourth-order valence-electron chi connectivity index (χ4n) is 2.56. The minimum Gasteiger partial charge on any atom is -0.354 e. The molecule has 0 saturated carbocycles. The van der Waals surface area contributed by atoms with E-state index in [1.807, 2.05) is 19.0 Å². The summed E-state index contributed by atoms with van der Waals surface area (Å²) in [5.41, 5.74) is 1.17. The van der Waals surface area contributed by atoms with Crippen molar-refractivity contribution in [1.82, 2.24) is 15.5 Å². The van der Waals surface area contributed by atoms with E-state index in [0.29, 0.717) is 12.5 Å². The maximum absolute atomic E-state index is 13.7. The van der Waals surface area contributed by atoms with Gasteiger partial charge in [-0.05, 0) is 50.0 Å². The van der Waals surface area contributed by atoms with E-state index in [2.05, 4.69) is 15.6 Å². The normalized spacial score (nSPS) is 12.5. The van der Waals surface area contributed by atoms with Gasteiger partial charge in [0.2, 0.25) is 0 Å². The van der Waals surface area contributed by atoms with Crippen molar-refractivity contribution in [2.24, 2.45) is 4.99 Å². The Kier molecular flexibility index (Phi) is 9.57. The van der Waals surface area contributed by atoms with Crippen molar-refractivity contribution in [3.63, 3.8) is 0 Å². The van der Waals surface area contributed by atoms with Gasteiger partial charge in [0.25, 0.3) is 0 Å². The second-order valence-corrected chi connectivity index (χ2v) is 6.07. The standard InChI is InChI=1S/C19H23F3N4.HI/c1-23-19(24-11-14-10-16(21)8-9-17(14)22)25-12-18(26(2)3)13-4-6-15(20)7-5-13;/h4-10,18H,11-12H2,1-3H3,(H2,23,24,25);1H. The number of halogens is 4. The SMILES string of the molecule is CN=C(NCc1cc(F)ccc1F)NCC(c1ccc(F)cc1)N(C)C.I. The summed E-state index contributed by atoms with van der Waals surface area (Å²) >= 11 is 0. The van der Waals surface area contributed by atoms with Gasteiger partial charge in [-0.3, -0.25) is 4.99 Å². The molecule has 27 heavy (non-hydrogen) atoms. The van der Waals surface area contributed by atoms with Gasteiger partial charge in [-0.1, -0.05) is 12.1 Å². The van der Waals surface area contributed by atoms with Crippen LogP contribution in [0.3, 0.4) is 0 Å². The first-order valence-corrected chi connectivity index (χ1v) is 8.21. The van der Waals surface area contributed by atoms with Crippen LogP contribution in [0.4, 0.5) is 13.2 Å². The number of hydrogen-bond donors (Lipinski definition) is 2. The molecule has 1 unspecified atom stereocenters. The Bertz CT molecular complexity index is 751. The third-order valence-corrected chi connectivity index (χ3v) is 4.02. The van der Waals surface area contributed by atoms with Crippen molar-refractivity contribution < 1.29 is 13.2 Å². The van der Waals surface area contributed by atoms with E-state index >= 15 is 0 Å². The highest BCUT2D eigenvalue weighted by Gasteiger charge is 2.15. The van der Waals surface area contributed by atoms with E-state index in [4.69, 9.17) is 0 Å². The molecule has 0 bridgehead atoms. The summed E-state index contributed by atoms with van der Waals surface area (Å²) in [4.78, 5) is 6.09. The number of aliphatic imine (C=N–C) groups is 1. The number of likely N-dealkylation sites (N-methyl/N-ethyl adjacent to an activating group) is 1. The first kappa shape index (κ1) is 23.2. The Morgan fingerprint density at radius 2 is 1.63 bits per heavy atom. The molecule has 0 spiro atoms. The Morgan fingerprint density at radius 3 is 2.22 bits per heavy atom. The summed E-state index contributed by atoms with van der Waals surface area (Å²) in [5.74, 6) is -0.793. The predicted octanol–water partition coefficient (Wildman–Crippen LogP) is 3.69. The highest BCUT2D eigenvalue weighted by atomic mass is 127. The fourth-order valence-corrected chi connectivity index (χ4v) is 2.56. The molecular formula is C19H24F3IN4. The molecule has 8 heteroatoms. The van der Waals surface area contributed by atoms with Crippen LogP contribution in [0.15, 0.2) is 47.5 Å². The molecule has 0 aliphatic carbocycles. The summed E-state index contributed by atoms with van der Waals surface area (Å²) in [6, 6.07) is 9.63. The van der Waals surface area contributed by atoms with Gasteiger partial charge in [-0.2, -0.15) is 0 Å². The predicted molar refractivity (Wildman–Crippen MR) is 113 cm³/mol. The average molecular weight is 492 g/mol. The van der Waals surface area contributed by atoms with Gasteiger partial charge in [-0.15, -0.1) is 24.0 Å². The van der Waals surface area contributed by atoms with E-state index in [1.54, 1.807) is 19.2 Å². The van der Waals surface area contributed by atoms with Gasteiger partial charge in [-0.25, -0.2) is 13.2 Å². The summed E-state index contributed by atoms with van der Waals surface area (Å²) in [7, 11) is 5.45. The van der Waals surface area contributed by atoms with E-state index in [-0.39, 0.29) is 47.9 Å². The third-order valence-electron chi connectivity index (χ3n) is 4.02. The molecule has 2 aromatic carbocycles. The highest BCUT2D eigenvalue weighted by Crippen LogP contribution is 2.17. The van der Waals surface area contributed by atoms with Crippen LogP contribution in [0.25, 0.3) is 0 Å². The molecule has 0 aliphatic heterocycles. The van der Waals surface area contributed by atoms with Crippen molar-refractivity contribution in [3.05, 3.63) is 71.0 Å². The number of nitrogens with zero attached hydrogens (tertiary/aromatic N) is 2. The van der Waals surface area contributed by atoms with Crippen LogP contribution >= 0.6 is 24.0 Å². The lowest BCUT2D eigenvalue weighted by Crippen LogP contribution is -2.41. The minimum absolute atomic E-state index is 0. The molecule has 4 nitrogen and oxygen atoms in total. The molecule has 0 saturated heterocycles. The van der Waals surface area contributed by atoms with E-state index < -0.39 is 11.6 Å². The molecule has 0 aliphatic rings. The van der Waals surface area contributed by atoms with Gasteiger partial charge >= 0.3 is 0 Å². The Balaban J connectivity index is 0.00000364. The van der Waals surface area contributed by atoms with Crippen molar-refractivity contribution >= 4 is 29.9 Å². The maximum atomic E-state index is 13.7. The largest absolute Gasteiger partial charge is 0.354 e. The lowest BCUT2D eigenvalue weighted by Gasteiger charge is -2.26. The zero-order chi connectivity index (χ0) is 19.1. The molecule has 2 N–H and O–H groups in total. The Morgan fingerprint density at radius 1 is 1.00 bits per heavy atom. The summed E-state index contributed by atoms with van der Waals surface area (Å²) in [6.45, 7) is 0.608. The number of guanidine groups is 1. The quantitative estimate of drug-likeness (QED) is 0.367. The molecule has 0 aromatic heterocycles. The molecule has 2 rings (SSSR count). The van der Waals surface area contributed by atoms with Gasteiger partial charge in [0.15, 0.2) is 5.96 Å². The topological polar surface area (TPSA) is 39.7 Å². The first-order valence-electron chi connectivity index (χ1n) is 8.21. The lowest BCUT2D eigenvalue weighted by atomic mass is 10.1. The second-order valence-electron chi connectivity index (χ2n) is 6.07. The molecule has 0 fully saturated rings. The third kappa shape index (κ3) is 7.02. The Hall–Kier alpha value is -1.81. The van der Waals surface area contributed by atoms with Crippen LogP contribution in [0.1, 0.15) is 17.2 Å². The molecule has 2 aromatic rings. The number of benzene rings is 2. The monoisotopic (exact) mass is 492 g/mol. The lowest BCUT2D eigenvalue weighted by molar-refractivity contribution is 0.298. The van der Waals surface area contributed by atoms with Crippen molar-refractivity contribution in [2.75, 3.05) is 27.7 Å². The second kappa shape index (κ2) is 11.1. The molecule has 0 amide bonds. The maximum Gasteiger partial charge on any atom is 0.191 e. The Labute approximate surface area is 174 Å². The van der Waals surface area contributed by atoms with Gasteiger partial charge < -0.3 is 15.5 Å². The molecular weight excluding hydrogens is 468 g/mol. The van der Waals surface area contributed by atoms with E-state index in [0.717, 1.165) is 23.8 Å². The van der Waals surface area contributed by atoms with Crippen LogP contribution in [0.2, 0.25) is 0 Å². The van der Waals surface area contributed by atoms with Crippen molar-refractivity contribution in [3.8, 4) is 0 Å². The summed E-state index contributed by atoms with van der Waals surface area (Å²) < 4.78 is 40.1. The average Bonchev–Trinajstić information content (AvgIpc) is 2.61. The smallest absolute Gasteiger partial charge is 0.191 e. The van der Waals surface area contributed by atoms with E-state index in [9.17, 15) is 13.2 Å². The number of nitrogens with one attached hydrogen (secondary N) is 2. The van der Waals surface area contributed by atoms with Crippen LogP contribution < -0.4 is 10.6 Å². The molecule has 0 heterocycles. The van der Waals surface area contributed by atoms with Gasteiger partial charge in [0.1, 0.15) is 17.5 Å². The number of rotatable bonds is 6. The van der Waals surface area contributed by atoms with Crippen molar-refractivity contribution in [2.45, 2.75) is 12.6 Å². The molecule has 1 atom stereocenters. The number of hydrogen-bond acceptors (Lipinski definition) is 2. The molecule has 0 radical (unpaired) electrons.